The van der Waals surface area contributed by atoms with Crippen molar-refractivity contribution < 1.29 is 24.2 Å². The van der Waals surface area contributed by atoms with E-state index in [0.29, 0.717) is 11.4 Å². The predicted molar refractivity (Wildman–Crippen MR) is 94.0 cm³/mol. The molecule has 0 aromatic heterocycles. The topological polar surface area (TPSA) is 121 Å². The lowest BCUT2D eigenvalue weighted by atomic mass is 9.91. The van der Waals surface area contributed by atoms with Gasteiger partial charge in [0.05, 0.1) is 24.0 Å². The minimum absolute atomic E-state index is 0.0887. The Kier molecular flexibility index (Phi) is 5.85. The fourth-order valence-electron chi connectivity index (χ4n) is 2.51. The maximum absolute atomic E-state index is 11.9. The van der Waals surface area contributed by atoms with Crippen LogP contribution in [0.25, 0.3) is 0 Å². The average molecular weight is 359 g/mol. The fraction of sp³-hybridized carbons (Fsp3) is 0.389. The van der Waals surface area contributed by atoms with Crippen LogP contribution in [-0.4, -0.2) is 41.3 Å². The molecule has 0 saturated carbocycles. The molecule has 0 aliphatic carbocycles. The predicted octanol–water partition coefficient (Wildman–Crippen LogP) is 1.55. The van der Waals surface area contributed by atoms with E-state index in [0.717, 1.165) is 0 Å². The van der Waals surface area contributed by atoms with Gasteiger partial charge in [0.25, 0.3) is 0 Å². The molecule has 1 aliphatic rings. The van der Waals surface area contributed by atoms with Crippen molar-refractivity contribution in [3.05, 3.63) is 36.1 Å². The molecule has 0 fully saturated rings. The largest absolute Gasteiger partial charge is 0.475 e. The number of nitrogens with one attached hydrogen (secondary N) is 2. The summed E-state index contributed by atoms with van der Waals surface area (Å²) in [6.45, 7) is 5.04. The number of para-hydroxylation sites is 2. The Morgan fingerprint density at radius 3 is 2.62 bits per heavy atom. The summed E-state index contributed by atoms with van der Waals surface area (Å²) in [5, 5.41) is 25.2. The monoisotopic (exact) mass is 359 g/mol. The van der Waals surface area contributed by atoms with Crippen LogP contribution in [0.1, 0.15) is 20.8 Å². The summed E-state index contributed by atoms with van der Waals surface area (Å²) in [6.07, 6.45) is 0.522. The van der Waals surface area contributed by atoms with Gasteiger partial charge in [-0.1, -0.05) is 12.1 Å². The smallest absolute Gasteiger partial charge is 0.397 e. The molecule has 1 heterocycles. The number of aliphatic hydroxyl groups is 1. The standard InChI is InChI=1S/C18H21N3O5/c1-4-25-17(24)16(23)21-13-8-6-5-7-12(13)20-14-9-11(10-19)26-18(2,3)15(14)22/h5-9,14-15,20,22H,4H2,1-3H3,(H,21,23)/t14?,15-/m1/s1. The van der Waals surface area contributed by atoms with Gasteiger partial charge in [-0.2, -0.15) is 5.26 Å². The number of ether oxygens (including phenoxy) is 2. The van der Waals surface area contributed by atoms with E-state index >= 15 is 0 Å². The molecule has 0 spiro atoms. The summed E-state index contributed by atoms with van der Waals surface area (Å²) in [5.41, 5.74) is -0.157. The average Bonchev–Trinajstić information content (AvgIpc) is 2.60. The number of carbonyl (C=O) groups excluding carboxylic acids is 2. The molecule has 0 saturated heterocycles. The Morgan fingerprint density at radius 1 is 1.35 bits per heavy atom. The van der Waals surface area contributed by atoms with Crippen molar-refractivity contribution in [2.24, 2.45) is 0 Å². The molecule has 1 unspecified atom stereocenters. The van der Waals surface area contributed by atoms with Crippen molar-refractivity contribution in [3.8, 4) is 6.07 Å². The van der Waals surface area contributed by atoms with E-state index in [1.165, 1.54) is 6.08 Å². The number of aliphatic hydroxyl groups excluding tert-OH is 1. The third-order valence-electron chi connectivity index (χ3n) is 3.82. The maximum atomic E-state index is 11.9. The summed E-state index contributed by atoms with van der Waals surface area (Å²) in [6, 6.07) is 7.99. The molecule has 2 rings (SSSR count). The molecule has 1 amide bonds. The lowest BCUT2D eigenvalue weighted by Gasteiger charge is -2.39. The van der Waals surface area contributed by atoms with Gasteiger partial charge >= 0.3 is 11.9 Å². The third-order valence-corrected chi connectivity index (χ3v) is 3.82. The molecule has 26 heavy (non-hydrogen) atoms. The van der Waals surface area contributed by atoms with E-state index < -0.39 is 29.6 Å². The van der Waals surface area contributed by atoms with Crippen LogP contribution in [0.3, 0.4) is 0 Å². The fourth-order valence-corrected chi connectivity index (χ4v) is 2.51. The van der Waals surface area contributed by atoms with Gasteiger partial charge in [-0.05, 0) is 39.0 Å². The van der Waals surface area contributed by atoms with Crippen molar-refractivity contribution >= 4 is 23.3 Å². The second kappa shape index (κ2) is 7.89. The number of rotatable bonds is 4. The van der Waals surface area contributed by atoms with Gasteiger partial charge in [0.2, 0.25) is 0 Å². The maximum Gasteiger partial charge on any atom is 0.397 e. The van der Waals surface area contributed by atoms with Gasteiger partial charge in [-0.25, -0.2) is 4.79 Å². The van der Waals surface area contributed by atoms with Crippen molar-refractivity contribution in [3.63, 3.8) is 0 Å². The zero-order chi connectivity index (χ0) is 19.3. The molecule has 0 bridgehead atoms. The van der Waals surface area contributed by atoms with Crippen LogP contribution in [0.5, 0.6) is 0 Å². The number of benzene rings is 1. The second-order valence-corrected chi connectivity index (χ2v) is 6.18. The van der Waals surface area contributed by atoms with E-state index in [1.54, 1.807) is 45.0 Å². The molecule has 138 valence electrons. The van der Waals surface area contributed by atoms with Crippen molar-refractivity contribution in [1.29, 1.82) is 5.26 Å². The minimum atomic E-state index is -0.985. The van der Waals surface area contributed by atoms with Crippen molar-refractivity contribution in [1.82, 2.24) is 0 Å². The van der Waals surface area contributed by atoms with E-state index in [2.05, 4.69) is 15.4 Å². The second-order valence-electron chi connectivity index (χ2n) is 6.18. The SMILES string of the molecule is CCOC(=O)C(=O)Nc1ccccc1NC1C=C(C#N)OC(C)(C)[C@@H]1O. The van der Waals surface area contributed by atoms with E-state index in [1.807, 2.05) is 6.07 Å². The van der Waals surface area contributed by atoms with Crippen LogP contribution in [-0.2, 0) is 19.1 Å². The van der Waals surface area contributed by atoms with Crippen LogP contribution >= 0.6 is 0 Å². The van der Waals surface area contributed by atoms with Crippen molar-refractivity contribution in [2.45, 2.75) is 38.5 Å². The minimum Gasteiger partial charge on any atom is -0.475 e. The number of amides is 1. The number of hydrogen-bond donors (Lipinski definition) is 3. The van der Waals surface area contributed by atoms with Crippen LogP contribution in [0.4, 0.5) is 11.4 Å². The van der Waals surface area contributed by atoms with E-state index in [-0.39, 0.29) is 12.4 Å². The molecule has 8 heteroatoms. The van der Waals surface area contributed by atoms with Crippen LogP contribution in [0.15, 0.2) is 36.1 Å². The number of anilines is 2. The molecule has 1 aromatic rings. The molecule has 2 atom stereocenters. The first-order chi connectivity index (χ1) is 12.3. The summed E-state index contributed by atoms with van der Waals surface area (Å²) in [4.78, 5) is 23.4. The number of hydrogen-bond acceptors (Lipinski definition) is 7. The number of esters is 1. The highest BCUT2D eigenvalue weighted by molar-refractivity contribution is 6.37. The van der Waals surface area contributed by atoms with E-state index in [9.17, 15) is 14.7 Å². The Labute approximate surface area is 151 Å². The number of nitriles is 1. The zero-order valence-corrected chi connectivity index (χ0v) is 14.8. The van der Waals surface area contributed by atoms with Crippen LogP contribution < -0.4 is 10.6 Å². The highest BCUT2D eigenvalue weighted by Crippen LogP contribution is 2.31. The van der Waals surface area contributed by atoms with Crippen molar-refractivity contribution in [2.75, 3.05) is 17.2 Å². The summed E-state index contributed by atoms with van der Waals surface area (Å²) in [5.74, 6) is -1.80. The number of allylic oxidation sites excluding steroid dienone is 1. The quantitative estimate of drug-likeness (QED) is 0.551. The molecular weight excluding hydrogens is 338 g/mol. The first-order valence-electron chi connectivity index (χ1n) is 8.11. The first-order valence-corrected chi connectivity index (χ1v) is 8.11. The molecule has 3 N–H and O–H groups in total. The zero-order valence-electron chi connectivity index (χ0n) is 14.8. The summed E-state index contributed by atoms with van der Waals surface area (Å²) in [7, 11) is 0. The first kappa shape index (κ1) is 19.3. The Hall–Kier alpha value is -3.05. The lowest BCUT2D eigenvalue weighted by Crippen LogP contribution is -2.51. The van der Waals surface area contributed by atoms with Gasteiger partial charge < -0.3 is 25.2 Å². The molecular formula is C18H21N3O5. The Bertz CT molecular complexity index is 766. The Morgan fingerprint density at radius 2 is 2.00 bits per heavy atom. The van der Waals surface area contributed by atoms with Gasteiger partial charge in [0.1, 0.15) is 17.8 Å². The number of nitrogens with zero attached hydrogens (tertiary/aromatic N) is 1. The molecule has 8 nitrogen and oxygen atoms in total. The summed E-state index contributed by atoms with van der Waals surface area (Å²) >= 11 is 0. The lowest BCUT2D eigenvalue weighted by molar-refractivity contribution is -0.152. The van der Waals surface area contributed by atoms with Gasteiger partial charge in [-0.15, -0.1) is 0 Å². The Balaban J connectivity index is 2.23. The third kappa shape index (κ3) is 4.32. The van der Waals surface area contributed by atoms with Gasteiger partial charge in [0, 0.05) is 0 Å². The normalized spacial score (nSPS) is 20.8. The summed E-state index contributed by atoms with van der Waals surface area (Å²) < 4.78 is 10.1. The highest BCUT2D eigenvalue weighted by Gasteiger charge is 2.40. The molecule has 1 aliphatic heterocycles. The molecule has 1 aromatic carbocycles. The van der Waals surface area contributed by atoms with Crippen LogP contribution in [0.2, 0.25) is 0 Å². The van der Waals surface area contributed by atoms with Crippen LogP contribution in [0, 0.1) is 11.3 Å². The number of carbonyl (C=O) groups is 2. The van der Waals surface area contributed by atoms with Gasteiger partial charge in [-0.3, -0.25) is 4.79 Å². The molecule has 0 radical (unpaired) electrons. The van der Waals surface area contributed by atoms with E-state index in [4.69, 9.17) is 10.00 Å². The highest BCUT2D eigenvalue weighted by atomic mass is 16.5. The van der Waals surface area contributed by atoms with Gasteiger partial charge in [0.15, 0.2) is 5.76 Å².